The molecular weight excluding hydrogens is 546 g/mol. The summed E-state index contributed by atoms with van der Waals surface area (Å²) >= 11 is 20.6. The van der Waals surface area contributed by atoms with E-state index in [9.17, 15) is 4.79 Å². The molecule has 0 radical (unpaired) electrons. The number of rotatable bonds is 6. The number of hydrogen-bond donors (Lipinski definition) is 1. The molecule has 0 saturated heterocycles. The fraction of sp³-hybridized carbons (Fsp3) is 0.0476. The van der Waals surface area contributed by atoms with E-state index in [4.69, 9.17) is 39.5 Å². The third-order valence-corrected chi connectivity index (χ3v) is 5.27. The molecule has 0 aromatic heterocycles. The van der Waals surface area contributed by atoms with Crippen molar-refractivity contribution < 1.29 is 9.53 Å². The first kappa shape index (κ1) is 21.9. The lowest BCUT2D eigenvalue weighted by atomic mass is 10.2. The van der Waals surface area contributed by atoms with Gasteiger partial charge in [-0.25, -0.2) is 5.43 Å². The number of halogens is 4. The number of ether oxygens (including phenoxy) is 1. The van der Waals surface area contributed by atoms with Crippen LogP contribution in [0.1, 0.15) is 21.5 Å². The molecule has 0 heterocycles. The molecule has 0 aliphatic carbocycles. The smallest absolute Gasteiger partial charge is 0.271 e. The minimum absolute atomic E-state index is 0.302. The Kier molecular flexibility index (Phi) is 7.77. The highest BCUT2D eigenvalue weighted by atomic mass is 127. The molecule has 8 heteroatoms. The van der Waals surface area contributed by atoms with Gasteiger partial charge in [-0.2, -0.15) is 5.10 Å². The van der Waals surface area contributed by atoms with Gasteiger partial charge in [-0.15, -0.1) is 0 Å². The van der Waals surface area contributed by atoms with E-state index in [1.54, 1.807) is 36.4 Å². The summed E-state index contributed by atoms with van der Waals surface area (Å²) in [5.74, 6) is 0.0724. The second kappa shape index (κ2) is 10.3. The largest absolute Gasteiger partial charge is 0.486 e. The number of hydrogen-bond acceptors (Lipinski definition) is 3. The van der Waals surface area contributed by atoms with Gasteiger partial charge >= 0.3 is 0 Å². The van der Waals surface area contributed by atoms with Crippen LogP contribution in [0.3, 0.4) is 0 Å². The second-order valence-electron chi connectivity index (χ2n) is 5.94. The van der Waals surface area contributed by atoms with Crippen LogP contribution >= 0.6 is 57.4 Å². The highest BCUT2D eigenvalue weighted by Crippen LogP contribution is 2.34. The van der Waals surface area contributed by atoms with Gasteiger partial charge in [0.25, 0.3) is 5.91 Å². The summed E-state index contributed by atoms with van der Waals surface area (Å²) in [5, 5.41) is 5.31. The summed E-state index contributed by atoms with van der Waals surface area (Å²) in [6.45, 7) is 0.302. The average Bonchev–Trinajstić information content (AvgIpc) is 2.68. The predicted molar refractivity (Wildman–Crippen MR) is 126 cm³/mol. The fourth-order valence-corrected chi connectivity index (χ4v) is 3.67. The predicted octanol–water partition coefficient (Wildman–Crippen LogP) is 6.59. The lowest BCUT2D eigenvalue weighted by Gasteiger charge is -2.11. The number of carbonyl (C=O) groups excluding carboxylic acids is 1. The first-order valence-corrected chi connectivity index (χ1v) is 10.6. The normalized spacial score (nSPS) is 10.9. The van der Waals surface area contributed by atoms with Crippen molar-refractivity contribution in [3.05, 3.63) is 96.0 Å². The van der Waals surface area contributed by atoms with Crippen LogP contribution in [0.15, 0.2) is 65.8 Å². The molecule has 3 aromatic carbocycles. The molecule has 0 spiro atoms. The van der Waals surface area contributed by atoms with Crippen molar-refractivity contribution in [2.45, 2.75) is 6.61 Å². The van der Waals surface area contributed by atoms with E-state index in [-0.39, 0.29) is 5.91 Å². The summed E-state index contributed by atoms with van der Waals surface area (Å²) in [6.07, 6.45) is 1.46. The van der Waals surface area contributed by atoms with Crippen molar-refractivity contribution in [2.24, 2.45) is 5.10 Å². The Hall–Kier alpha value is -1.80. The van der Waals surface area contributed by atoms with Crippen molar-refractivity contribution in [2.75, 3.05) is 0 Å². The van der Waals surface area contributed by atoms with Crippen LogP contribution in [0.5, 0.6) is 5.75 Å². The number of hydrazone groups is 1. The Balaban J connectivity index is 1.64. The molecule has 29 heavy (non-hydrogen) atoms. The van der Waals surface area contributed by atoms with Crippen LogP contribution in [0.25, 0.3) is 0 Å². The highest BCUT2D eigenvalue weighted by Gasteiger charge is 2.10. The molecule has 0 atom stereocenters. The lowest BCUT2D eigenvalue weighted by Crippen LogP contribution is -2.17. The quantitative estimate of drug-likeness (QED) is 0.210. The third kappa shape index (κ3) is 6.34. The summed E-state index contributed by atoms with van der Waals surface area (Å²) in [6, 6.07) is 17.8. The van der Waals surface area contributed by atoms with Crippen LogP contribution in [0.2, 0.25) is 15.1 Å². The monoisotopic (exact) mass is 558 g/mol. The van der Waals surface area contributed by atoms with Gasteiger partial charge in [-0.05, 0) is 76.2 Å². The van der Waals surface area contributed by atoms with Crippen molar-refractivity contribution in [3.8, 4) is 5.75 Å². The summed E-state index contributed by atoms with van der Waals surface area (Å²) < 4.78 is 6.70. The van der Waals surface area contributed by atoms with E-state index >= 15 is 0 Å². The van der Waals surface area contributed by atoms with Gasteiger partial charge < -0.3 is 4.74 Å². The zero-order chi connectivity index (χ0) is 20.8. The van der Waals surface area contributed by atoms with E-state index < -0.39 is 0 Å². The van der Waals surface area contributed by atoms with Crippen molar-refractivity contribution in [1.29, 1.82) is 0 Å². The number of amides is 1. The minimum atomic E-state index is -0.306. The molecule has 0 unspecified atom stereocenters. The zero-order valence-corrected chi connectivity index (χ0v) is 19.3. The topological polar surface area (TPSA) is 50.7 Å². The van der Waals surface area contributed by atoms with E-state index in [1.165, 1.54) is 6.21 Å². The molecule has 0 bridgehead atoms. The van der Waals surface area contributed by atoms with Crippen molar-refractivity contribution >= 4 is 69.5 Å². The molecule has 0 aliphatic heterocycles. The lowest BCUT2D eigenvalue weighted by molar-refractivity contribution is 0.0955. The van der Waals surface area contributed by atoms with E-state index in [1.807, 2.05) is 24.3 Å². The number of nitrogens with zero attached hydrogens (tertiary/aromatic N) is 1. The maximum Gasteiger partial charge on any atom is 0.271 e. The Labute approximate surface area is 197 Å². The van der Waals surface area contributed by atoms with Crippen molar-refractivity contribution in [1.82, 2.24) is 5.43 Å². The van der Waals surface area contributed by atoms with E-state index in [0.29, 0.717) is 38.6 Å². The Morgan fingerprint density at radius 3 is 2.38 bits per heavy atom. The molecule has 4 nitrogen and oxygen atoms in total. The standard InChI is InChI=1S/C21H14Cl3IN2O2/c22-16-6-4-13(5-7-16)12-29-20-18(23)8-14(9-19(20)24)11-26-27-21(28)15-2-1-3-17(25)10-15/h1-11H,12H2,(H,27,28)/b26-11-. The van der Waals surface area contributed by atoms with Crippen LogP contribution in [-0.4, -0.2) is 12.1 Å². The molecule has 0 fully saturated rings. The first-order valence-electron chi connectivity index (χ1n) is 8.37. The molecular formula is C21H14Cl3IN2O2. The molecule has 0 aliphatic rings. The van der Waals surface area contributed by atoms with Crippen LogP contribution < -0.4 is 10.2 Å². The number of nitrogens with one attached hydrogen (secondary N) is 1. The Morgan fingerprint density at radius 1 is 1.03 bits per heavy atom. The maximum absolute atomic E-state index is 12.1. The van der Waals surface area contributed by atoms with Crippen molar-refractivity contribution in [3.63, 3.8) is 0 Å². The molecule has 3 aromatic rings. The van der Waals surface area contributed by atoms with E-state index in [2.05, 4.69) is 33.1 Å². The first-order chi connectivity index (χ1) is 13.9. The zero-order valence-electron chi connectivity index (χ0n) is 14.8. The van der Waals surface area contributed by atoms with Gasteiger partial charge in [-0.3, -0.25) is 4.79 Å². The average molecular weight is 560 g/mol. The number of benzene rings is 3. The van der Waals surface area contributed by atoms with Gasteiger partial charge in [0.1, 0.15) is 6.61 Å². The molecule has 148 valence electrons. The Bertz CT molecular complexity index is 1030. The van der Waals surface area contributed by atoms with E-state index in [0.717, 1.165) is 9.13 Å². The summed E-state index contributed by atoms with van der Waals surface area (Å²) in [7, 11) is 0. The van der Waals surface area contributed by atoms with Crippen LogP contribution in [0.4, 0.5) is 0 Å². The van der Waals surface area contributed by atoms with Gasteiger partial charge in [0.05, 0.1) is 16.3 Å². The molecule has 1 amide bonds. The highest BCUT2D eigenvalue weighted by molar-refractivity contribution is 14.1. The summed E-state index contributed by atoms with van der Waals surface area (Å²) in [5.41, 5.74) is 4.56. The maximum atomic E-state index is 12.1. The van der Waals surface area contributed by atoms with Gasteiger partial charge in [0.15, 0.2) is 5.75 Å². The van der Waals surface area contributed by atoms with Gasteiger partial charge in [-0.1, -0.05) is 53.0 Å². The molecule has 0 saturated carbocycles. The Morgan fingerprint density at radius 2 is 1.72 bits per heavy atom. The van der Waals surface area contributed by atoms with Crippen LogP contribution in [0, 0.1) is 3.57 Å². The molecule has 1 N–H and O–H groups in total. The van der Waals surface area contributed by atoms with Gasteiger partial charge in [0, 0.05) is 14.2 Å². The SMILES string of the molecule is O=C(N/N=C\c1cc(Cl)c(OCc2ccc(Cl)cc2)c(Cl)c1)c1cccc(I)c1. The fourth-order valence-electron chi connectivity index (χ4n) is 2.39. The minimum Gasteiger partial charge on any atom is -0.486 e. The third-order valence-electron chi connectivity index (χ3n) is 3.78. The van der Waals surface area contributed by atoms with Crippen LogP contribution in [-0.2, 0) is 6.61 Å². The number of carbonyl (C=O) groups is 1. The van der Waals surface area contributed by atoms with Gasteiger partial charge in [0.2, 0.25) is 0 Å². The molecule has 3 rings (SSSR count). The summed E-state index contributed by atoms with van der Waals surface area (Å²) in [4.78, 5) is 12.1. The second-order valence-corrected chi connectivity index (χ2v) is 8.43.